The summed E-state index contributed by atoms with van der Waals surface area (Å²) in [5.74, 6) is -13.5. The van der Waals surface area contributed by atoms with Crippen LogP contribution < -0.4 is 65.5 Å². The third kappa shape index (κ3) is 24.7. The van der Waals surface area contributed by atoms with Crippen molar-refractivity contribution < 1.29 is 68.1 Å². The quantitative estimate of drug-likeness (QED) is 0.0126. The number of nitrogens with zero attached hydrogens (tertiary/aromatic N) is 1. The Morgan fingerprint density at radius 3 is 1.33 bits per heavy atom. The number of nitrogens with two attached hydrogens (primary N) is 4. The van der Waals surface area contributed by atoms with Crippen LogP contribution in [0.5, 0.6) is 0 Å². The van der Waals surface area contributed by atoms with Gasteiger partial charge in [0.25, 0.3) is 0 Å². The monoisotopic (exact) mass is 1050 g/mol. The molecule has 0 aromatic heterocycles. The van der Waals surface area contributed by atoms with E-state index in [-0.39, 0.29) is 55.8 Å². The molecule has 0 fully saturated rings. The number of amides is 9. The van der Waals surface area contributed by atoms with Gasteiger partial charge >= 0.3 is 11.9 Å². The molecule has 0 saturated heterocycles. The molecule has 0 heterocycles. The number of aliphatic hydroxyl groups excluding tert-OH is 1. The van der Waals surface area contributed by atoms with E-state index in [9.17, 15) is 68.1 Å². The van der Waals surface area contributed by atoms with Gasteiger partial charge in [-0.2, -0.15) is 12.6 Å². The van der Waals surface area contributed by atoms with Crippen LogP contribution in [0.15, 0.2) is 4.99 Å². The molecule has 0 unspecified atom stereocenters. The maximum atomic E-state index is 14.0. The minimum atomic E-state index is -1.62. The molecule has 0 aromatic carbocycles. The Hall–Kier alpha value is -6.29. The number of carbonyl (C=O) groups is 11. The molecule has 0 bridgehead atoms. The summed E-state index contributed by atoms with van der Waals surface area (Å²) >= 11 is 4.18. The van der Waals surface area contributed by atoms with E-state index in [4.69, 9.17) is 22.9 Å². The van der Waals surface area contributed by atoms with E-state index >= 15 is 0 Å². The first-order valence-electron chi connectivity index (χ1n) is 23.6. The topological polar surface area (TPSA) is 461 Å². The molecule has 0 aliphatic carbocycles. The van der Waals surface area contributed by atoms with Crippen molar-refractivity contribution >= 4 is 83.7 Å². The van der Waals surface area contributed by atoms with Crippen molar-refractivity contribution in [2.24, 2.45) is 51.6 Å². The van der Waals surface area contributed by atoms with Crippen LogP contribution in [0.2, 0.25) is 0 Å². The average Bonchev–Trinajstić information content (AvgIpc) is 3.27. The highest BCUT2D eigenvalue weighted by Gasteiger charge is 2.37. The molecular formula is C44H79N13O14S. The van der Waals surface area contributed by atoms with Crippen molar-refractivity contribution in [2.75, 3.05) is 12.3 Å². The Kier molecular flexibility index (Phi) is 29.8. The number of thiol groups is 1. The summed E-state index contributed by atoms with van der Waals surface area (Å²) in [5, 5.41) is 49.0. The SMILES string of the molecule is CC(C)C[C@H](NC(=O)[C@H](CS)NC(=O)[C@H](CCC(N)=O)NC(=O)[C@@H](NC(=O)[C@@H](N)C(C)C)[C@@H](C)O)C(=O)N[C@@H](CCC(=O)O)C(=O)N[C@H](C(=O)N[C@@H](CCCN=C(N)N)C(=O)N[C@H](C(=O)O)C(C)C)C(C)C. The Bertz CT molecular complexity index is 1920. The second-order valence-corrected chi connectivity index (χ2v) is 19.2. The Balaban J connectivity index is 6.60. The van der Waals surface area contributed by atoms with Gasteiger partial charge in [-0.3, -0.25) is 52.9 Å². The Morgan fingerprint density at radius 2 is 0.903 bits per heavy atom. The highest BCUT2D eigenvalue weighted by Crippen LogP contribution is 2.12. The highest BCUT2D eigenvalue weighted by atomic mass is 32.1. The van der Waals surface area contributed by atoms with Crippen LogP contribution in [0.1, 0.15) is 107 Å². The predicted molar refractivity (Wildman–Crippen MR) is 266 cm³/mol. The van der Waals surface area contributed by atoms with E-state index in [1.807, 2.05) is 0 Å². The van der Waals surface area contributed by atoms with Gasteiger partial charge in [-0.05, 0) is 62.7 Å². The number of carboxylic acids is 2. The molecule has 28 heteroatoms. The number of hydrogen-bond donors (Lipinski definition) is 16. The molecule has 0 aliphatic heterocycles. The Labute approximate surface area is 424 Å². The van der Waals surface area contributed by atoms with E-state index in [0.717, 1.165) is 0 Å². The number of aliphatic imine (C=N–C) groups is 1. The van der Waals surface area contributed by atoms with Gasteiger partial charge in [0.05, 0.1) is 12.1 Å². The van der Waals surface area contributed by atoms with Crippen LogP contribution in [-0.2, 0) is 52.7 Å². The zero-order valence-corrected chi connectivity index (χ0v) is 43.4. The summed E-state index contributed by atoms with van der Waals surface area (Å²) in [6.45, 7) is 14.2. The smallest absolute Gasteiger partial charge is 0.326 e. The lowest BCUT2D eigenvalue weighted by atomic mass is 9.99. The zero-order chi connectivity index (χ0) is 55.7. The lowest BCUT2D eigenvalue weighted by Gasteiger charge is -2.29. The van der Waals surface area contributed by atoms with E-state index in [0.29, 0.717) is 0 Å². The molecule has 0 aliphatic rings. The molecular weight excluding hydrogens is 967 g/mol. The number of aliphatic carboxylic acids is 2. The molecule has 410 valence electrons. The van der Waals surface area contributed by atoms with E-state index in [2.05, 4.69) is 60.2 Å². The number of nitrogens with one attached hydrogen (secondary N) is 8. The minimum Gasteiger partial charge on any atom is -0.481 e. The average molecular weight is 1050 g/mol. The molecule has 0 saturated carbocycles. The maximum Gasteiger partial charge on any atom is 0.326 e. The van der Waals surface area contributed by atoms with Crippen LogP contribution in [0.4, 0.5) is 0 Å². The van der Waals surface area contributed by atoms with Gasteiger partial charge in [0, 0.05) is 25.1 Å². The summed E-state index contributed by atoms with van der Waals surface area (Å²) in [6, 6.07) is -12.9. The number of carbonyl (C=O) groups excluding carboxylic acids is 9. The normalized spacial score (nSPS) is 15.4. The van der Waals surface area contributed by atoms with E-state index < -0.39 is 157 Å². The van der Waals surface area contributed by atoms with Crippen LogP contribution >= 0.6 is 12.6 Å². The van der Waals surface area contributed by atoms with E-state index in [1.165, 1.54) is 6.92 Å². The van der Waals surface area contributed by atoms with E-state index in [1.54, 1.807) is 55.4 Å². The van der Waals surface area contributed by atoms with Crippen molar-refractivity contribution in [3.63, 3.8) is 0 Å². The number of hydrogen-bond acceptors (Lipinski definition) is 15. The number of guanidine groups is 1. The zero-order valence-electron chi connectivity index (χ0n) is 42.5. The molecule has 0 aromatic rings. The van der Waals surface area contributed by atoms with Gasteiger partial charge < -0.3 is 80.8 Å². The van der Waals surface area contributed by atoms with Crippen molar-refractivity contribution in [1.82, 2.24) is 42.5 Å². The number of rotatable bonds is 34. The second-order valence-electron chi connectivity index (χ2n) is 18.8. The van der Waals surface area contributed by atoms with Crippen molar-refractivity contribution in [2.45, 2.75) is 168 Å². The second kappa shape index (κ2) is 32.6. The summed E-state index contributed by atoms with van der Waals surface area (Å²) in [4.78, 5) is 148. The van der Waals surface area contributed by atoms with Crippen molar-refractivity contribution in [1.29, 1.82) is 0 Å². The molecule has 9 amide bonds. The summed E-state index contributed by atoms with van der Waals surface area (Å²) in [6.07, 6.45) is -3.42. The van der Waals surface area contributed by atoms with Gasteiger partial charge in [0.1, 0.15) is 48.3 Å². The molecule has 0 radical (unpaired) electrons. The van der Waals surface area contributed by atoms with Gasteiger partial charge in [-0.25, -0.2) is 4.79 Å². The Morgan fingerprint density at radius 1 is 0.500 bits per heavy atom. The highest BCUT2D eigenvalue weighted by molar-refractivity contribution is 7.80. The minimum absolute atomic E-state index is 0.0504. The summed E-state index contributed by atoms with van der Waals surface area (Å²) < 4.78 is 0. The summed E-state index contributed by atoms with van der Waals surface area (Å²) in [7, 11) is 0. The molecule has 0 spiro atoms. The molecule has 10 atom stereocenters. The first-order valence-corrected chi connectivity index (χ1v) is 24.2. The fraction of sp³-hybridized carbons (Fsp3) is 0.727. The fourth-order valence-electron chi connectivity index (χ4n) is 6.62. The van der Waals surface area contributed by atoms with Gasteiger partial charge in [0.15, 0.2) is 5.96 Å². The first-order chi connectivity index (χ1) is 33.3. The predicted octanol–water partition coefficient (Wildman–Crippen LogP) is -4.21. The lowest BCUT2D eigenvalue weighted by molar-refractivity contribution is -0.143. The van der Waals surface area contributed by atoms with Crippen LogP contribution in [0.25, 0.3) is 0 Å². The first kappa shape index (κ1) is 65.7. The molecule has 0 rings (SSSR count). The number of primary amides is 1. The van der Waals surface area contributed by atoms with Crippen LogP contribution in [0, 0.1) is 23.7 Å². The molecule has 19 N–H and O–H groups in total. The van der Waals surface area contributed by atoms with Crippen LogP contribution in [-0.4, -0.2) is 159 Å². The van der Waals surface area contributed by atoms with Gasteiger partial charge in [-0.1, -0.05) is 55.4 Å². The van der Waals surface area contributed by atoms with Crippen molar-refractivity contribution in [3.05, 3.63) is 0 Å². The standard InChI is InChI=1S/C44H79N13O14S/c1-19(2)17-27(53-39(66)28(18-72)54-35(62)25(12-14-29(45)59)52-42(69)34(23(9)58)57-40(67)31(46)20(3)4)38(65)50-26(13-15-30(60)61)37(64)55-32(21(5)6)41(68)51-24(11-10-16-49-44(47)48)36(63)56-33(22(7)8)43(70)71/h19-28,31-34,58,72H,10-18,46H2,1-9H3,(H2,45,59)(H,50,65)(H,51,68)(H,52,69)(H,53,66)(H,54,62)(H,55,64)(H,56,63)(H,57,67)(H,60,61)(H,70,71)(H4,47,48,49)/t23-,24+,25+,26+,27+,28+,31+,32+,33+,34+/m1/s1. The van der Waals surface area contributed by atoms with Gasteiger partial charge in [0.2, 0.25) is 53.2 Å². The third-order valence-electron chi connectivity index (χ3n) is 10.9. The lowest BCUT2D eigenvalue weighted by Crippen LogP contribution is -2.62. The fourth-order valence-corrected chi connectivity index (χ4v) is 6.87. The van der Waals surface area contributed by atoms with Crippen LogP contribution in [0.3, 0.4) is 0 Å². The summed E-state index contributed by atoms with van der Waals surface area (Å²) in [5.41, 5.74) is 22.0. The third-order valence-corrected chi connectivity index (χ3v) is 11.3. The molecule has 27 nitrogen and oxygen atoms in total. The molecule has 72 heavy (non-hydrogen) atoms. The number of carboxylic acid groups (broad SMARTS) is 2. The largest absolute Gasteiger partial charge is 0.481 e. The van der Waals surface area contributed by atoms with Crippen molar-refractivity contribution in [3.8, 4) is 0 Å². The van der Waals surface area contributed by atoms with Gasteiger partial charge in [-0.15, -0.1) is 0 Å². The number of aliphatic hydroxyl groups is 1. The maximum absolute atomic E-state index is 14.0.